The van der Waals surface area contributed by atoms with Crippen LogP contribution < -0.4 is 16.8 Å². The molecule has 4 nitrogen and oxygen atoms in total. The summed E-state index contributed by atoms with van der Waals surface area (Å²) in [5, 5.41) is 3.15. The molecule has 0 spiro atoms. The van der Waals surface area contributed by atoms with Crippen LogP contribution in [0, 0.1) is 0 Å². The number of rotatable bonds is 6. The highest BCUT2D eigenvalue weighted by atomic mass is 16.1. The van der Waals surface area contributed by atoms with Crippen molar-refractivity contribution >= 4 is 17.3 Å². The molecule has 27 heavy (non-hydrogen) atoms. The monoisotopic (exact) mass is 359 g/mol. The largest absolute Gasteiger partial charge is 0.399 e. The fraction of sp³-hybridized carbons (Fsp3) is 0.174. The maximum Gasteiger partial charge on any atom is 0.232 e. The molecular formula is C23H25N3O. The van der Waals surface area contributed by atoms with Crippen LogP contribution in [0.2, 0.25) is 0 Å². The van der Waals surface area contributed by atoms with E-state index in [-0.39, 0.29) is 11.9 Å². The molecule has 3 aromatic rings. The highest BCUT2D eigenvalue weighted by Gasteiger charge is 2.24. The standard InChI is InChI=1S/C23H25N3O/c1-16(15-17-5-3-2-4-6-17)26-23(27)22(18-7-11-20(24)12-8-18)19-9-13-21(25)14-10-19/h2-14,16,22H,15,24-25H2,1H3,(H,26,27)/t16-/m1/s1. The first-order valence-corrected chi connectivity index (χ1v) is 9.08. The number of carbonyl (C=O) groups is 1. The van der Waals surface area contributed by atoms with E-state index in [1.807, 2.05) is 73.7 Å². The second-order valence-corrected chi connectivity index (χ2v) is 6.87. The summed E-state index contributed by atoms with van der Waals surface area (Å²) in [7, 11) is 0. The number of hydrogen-bond donors (Lipinski definition) is 3. The highest BCUT2D eigenvalue weighted by Crippen LogP contribution is 2.27. The van der Waals surface area contributed by atoms with Gasteiger partial charge in [-0.1, -0.05) is 54.6 Å². The van der Waals surface area contributed by atoms with Crippen molar-refractivity contribution in [2.75, 3.05) is 11.5 Å². The Balaban J connectivity index is 1.82. The normalized spacial score (nSPS) is 11.9. The van der Waals surface area contributed by atoms with E-state index in [9.17, 15) is 4.79 Å². The number of nitrogens with two attached hydrogens (primary N) is 2. The van der Waals surface area contributed by atoms with Gasteiger partial charge in [-0.05, 0) is 54.3 Å². The lowest BCUT2D eigenvalue weighted by Crippen LogP contribution is -2.38. The minimum Gasteiger partial charge on any atom is -0.399 e. The first-order valence-electron chi connectivity index (χ1n) is 9.08. The summed E-state index contributed by atoms with van der Waals surface area (Å²) in [6.07, 6.45) is 0.781. The van der Waals surface area contributed by atoms with Crippen molar-refractivity contribution in [1.82, 2.24) is 5.32 Å². The Morgan fingerprint density at radius 2 is 1.30 bits per heavy atom. The minimum atomic E-state index is -0.413. The Bertz CT molecular complexity index is 828. The minimum absolute atomic E-state index is 0.0185. The Morgan fingerprint density at radius 1 is 0.815 bits per heavy atom. The predicted octanol–water partition coefficient (Wildman–Crippen LogP) is 3.73. The van der Waals surface area contributed by atoms with Crippen LogP contribution in [-0.2, 0) is 11.2 Å². The number of amides is 1. The second kappa shape index (κ2) is 8.41. The maximum atomic E-state index is 13.1. The molecule has 3 aromatic carbocycles. The average molecular weight is 359 g/mol. The highest BCUT2D eigenvalue weighted by molar-refractivity contribution is 5.87. The van der Waals surface area contributed by atoms with E-state index in [4.69, 9.17) is 11.5 Å². The van der Waals surface area contributed by atoms with Gasteiger partial charge in [-0.25, -0.2) is 0 Å². The van der Waals surface area contributed by atoms with Crippen LogP contribution in [0.5, 0.6) is 0 Å². The quantitative estimate of drug-likeness (QED) is 0.587. The van der Waals surface area contributed by atoms with E-state index in [1.54, 1.807) is 0 Å². The molecule has 0 radical (unpaired) electrons. The van der Waals surface area contributed by atoms with Crippen molar-refractivity contribution in [3.63, 3.8) is 0 Å². The van der Waals surface area contributed by atoms with Gasteiger partial charge in [0.25, 0.3) is 0 Å². The van der Waals surface area contributed by atoms with Crippen LogP contribution in [0.3, 0.4) is 0 Å². The summed E-state index contributed by atoms with van der Waals surface area (Å²) in [5.74, 6) is -0.447. The van der Waals surface area contributed by atoms with E-state index in [1.165, 1.54) is 5.56 Å². The molecule has 0 fully saturated rings. The Hall–Kier alpha value is -3.27. The molecule has 0 saturated carbocycles. The third-order valence-corrected chi connectivity index (χ3v) is 4.58. The summed E-state index contributed by atoms with van der Waals surface area (Å²) < 4.78 is 0. The van der Waals surface area contributed by atoms with E-state index in [0.717, 1.165) is 17.5 Å². The van der Waals surface area contributed by atoms with E-state index >= 15 is 0 Å². The predicted molar refractivity (Wildman–Crippen MR) is 111 cm³/mol. The molecule has 3 rings (SSSR count). The van der Waals surface area contributed by atoms with Crippen molar-refractivity contribution in [1.29, 1.82) is 0 Å². The van der Waals surface area contributed by atoms with E-state index in [0.29, 0.717) is 11.4 Å². The molecule has 0 unspecified atom stereocenters. The molecule has 0 aromatic heterocycles. The molecule has 0 aliphatic carbocycles. The first-order chi connectivity index (χ1) is 13.0. The lowest BCUT2D eigenvalue weighted by molar-refractivity contribution is -0.122. The summed E-state index contributed by atoms with van der Waals surface area (Å²) in [6, 6.07) is 25.0. The molecule has 138 valence electrons. The number of benzene rings is 3. The molecule has 0 aliphatic heterocycles. The molecule has 4 heteroatoms. The van der Waals surface area contributed by atoms with Gasteiger partial charge in [-0.3, -0.25) is 4.79 Å². The molecule has 1 atom stereocenters. The van der Waals surface area contributed by atoms with E-state index in [2.05, 4.69) is 17.4 Å². The van der Waals surface area contributed by atoms with Gasteiger partial charge in [0.2, 0.25) is 5.91 Å². The Morgan fingerprint density at radius 3 is 1.78 bits per heavy atom. The molecule has 0 heterocycles. The smallest absolute Gasteiger partial charge is 0.232 e. The zero-order valence-electron chi connectivity index (χ0n) is 15.4. The maximum absolute atomic E-state index is 13.1. The number of anilines is 2. The lowest BCUT2D eigenvalue weighted by atomic mass is 9.89. The van der Waals surface area contributed by atoms with Gasteiger partial charge in [-0.2, -0.15) is 0 Å². The van der Waals surface area contributed by atoms with Crippen molar-refractivity contribution in [2.45, 2.75) is 25.3 Å². The van der Waals surface area contributed by atoms with Crippen molar-refractivity contribution < 1.29 is 4.79 Å². The number of hydrogen-bond acceptors (Lipinski definition) is 3. The van der Waals surface area contributed by atoms with Gasteiger partial charge in [0, 0.05) is 17.4 Å². The number of carbonyl (C=O) groups excluding carboxylic acids is 1. The third kappa shape index (κ3) is 4.88. The van der Waals surface area contributed by atoms with E-state index < -0.39 is 5.92 Å². The Kier molecular flexibility index (Phi) is 5.77. The number of nitrogens with one attached hydrogen (secondary N) is 1. The molecule has 0 aliphatic rings. The molecule has 0 saturated heterocycles. The van der Waals surface area contributed by atoms with Gasteiger partial charge in [-0.15, -0.1) is 0 Å². The van der Waals surface area contributed by atoms with Gasteiger partial charge >= 0.3 is 0 Å². The van der Waals surface area contributed by atoms with Gasteiger partial charge in [0.1, 0.15) is 0 Å². The fourth-order valence-corrected chi connectivity index (χ4v) is 3.22. The fourth-order valence-electron chi connectivity index (χ4n) is 3.22. The summed E-state index contributed by atoms with van der Waals surface area (Å²) >= 11 is 0. The summed E-state index contributed by atoms with van der Waals surface area (Å²) in [6.45, 7) is 2.02. The van der Waals surface area contributed by atoms with Gasteiger partial charge in [0.15, 0.2) is 0 Å². The molecule has 1 amide bonds. The van der Waals surface area contributed by atoms with Crippen LogP contribution in [0.1, 0.15) is 29.5 Å². The van der Waals surface area contributed by atoms with Gasteiger partial charge < -0.3 is 16.8 Å². The Labute approximate surface area is 160 Å². The lowest BCUT2D eigenvalue weighted by Gasteiger charge is -2.21. The van der Waals surface area contributed by atoms with Crippen LogP contribution >= 0.6 is 0 Å². The molecular weight excluding hydrogens is 334 g/mol. The van der Waals surface area contributed by atoms with Crippen molar-refractivity contribution in [3.8, 4) is 0 Å². The third-order valence-electron chi connectivity index (χ3n) is 4.58. The van der Waals surface area contributed by atoms with Crippen LogP contribution in [0.15, 0.2) is 78.9 Å². The summed E-state index contributed by atoms with van der Waals surface area (Å²) in [4.78, 5) is 13.1. The zero-order chi connectivity index (χ0) is 19.2. The van der Waals surface area contributed by atoms with Crippen LogP contribution in [-0.4, -0.2) is 11.9 Å². The SMILES string of the molecule is C[C@H](Cc1ccccc1)NC(=O)C(c1ccc(N)cc1)c1ccc(N)cc1. The van der Waals surface area contributed by atoms with Crippen molar-refractivity contribution in [3.05, 3.63) is 95.6 Å². The molecule has 0 bridgehead atoms. The van der Waals surface area contributed by atoms with Crippen LogP contribution in [0.25, 0.3) is 0 Å². The summed E-state index contributed by atoms with van der Waals surface area (Å²) in [5.41, 5.74) is 16.0. The first kappa shape index (κ1) is 18.5. The van der Waals surface area contributed by atoms with Crippen LogP contribution in [0.4, 0.5) is 11.4 Å². The zero-order valence-corrected chi connectivity index (χ0v) is 15.4. The van der Waals surface area contributed by atoms with Crippen molar-refractivity contribution in [2.24, 2.45) is 0 Å². The topological polar surface area (TPSA) is 81.1 Å². The number of nitrogen functional groups attached to an aromatic ring is 2. The second-order valence-electron chi connectivity index (χ2n) is 6.87. The van der Waals surface area contributed by atoms with Gasteiger partial charge in [0.05, 0.1) is 5.92 Å². The molecule has 5 N–H and O–H groups in total. The average Bonchev–Trinajstić information content (AvgIpc) is 2.66.